The standard InChI is InChI=1S/C20H19N3O2/c1-14-11-23(18-5-3-2-4-17(18)22-20(14)24)12-15-6-8-16(9-7-15)19-10-21-13-25-19/h2-10,13-14H,11-12H2,1H3,(H,22,24). The van der Waals surface area contributed by atoms with Crippen molar-refractivity contribution >= 4 is 17.3 Å². The van der Waals surface area contributed by atoms with Crippen molar-refractivity contribution in [3.05, 3.63) is 66.7 Å². The summed E-state index contributed by atoms with van der Waals surface area (Å²) in [5, 5.41) is 3.02. The molecule has 0 radical (unpaired) electrons. The van der Waals surface area contributed by atoms with E-state index < -0.39 is 0 Å². The van der Waals surface area contributed by atoms with Crippen LogP contribution in [0.5, 0.6) is 0 Å². The molecular formula is C20H19N3O2. The lowest BCUT2D eigenvalue weighted by Crippen LogP contribution is -2.30. The lowest BCUT2D eigenvalue weighted by atomic mass is 10.1. The maximum atomic E-state index is 12.2. The maximum Gasteiger partial charge on any atom is 0.229 e. The molecule has 0 fully saturated rings. The molecule has 5 heteroatoms. The number of oxazole rings is 1. The highest BCUT2D eigenvalue weighted by atomic mass is 16.3. The van der Waals surface area contributed by atoms with Crippen LogP contribution in [0.1, 0.15) is 12.5 Å². The molecule has 5 nitrogen and oxygen atoms in total. The van der Waals surface area contributed by atoms with E-state index in [4.69, 9.17) is 4.42 Å². The Bertz CT molecular complexity index is 872. The van der Waals surface area contributed by atoms with Crippen LogP contribution in [0.3, 0.4) is 0 Å². The van der Waals surface area contributed by atoms with Crippen LogP contribution in [-0.4, -0.2) is 17.4 Å². The van der Waals surface area contributed by atoms with Crippen molar-refractivity contribution in [1.82, 2.24) is 4.98 Å². The van der Waals surface area contributed by atoms with E-state index in [2.05, 4.69) is 33.4 Å². The third-order valence-corrected chi connectivity index (χ3v) is 4.49. The van der Waals surface area contributed by atoms with Crippen LogP contribution >= 0.6 is 0 Å². The van der Waals surface area contributed by atoms with Gasteiger partial charge in [-0.05, 0) is 17.7 Å². The minimum atomic E-state index is -0.0686. The number of carbonyl (C=O) groups excluding carboxylic acids is 1. The summed E-state index contributed by atoms with van der Waals surface area (Å²) < 4.78 is 5.33. The van der Waals surface area contributed by atoms with Gasteiger partial charge < -0.3 is 14.6 Å². The molecule has 4 rings (SSSR count). The highest BCUT2D eigenvalue weighted by molar-refractivity contribution is 5.97. The Morgan fingerprint density at radius 2 is 2.00 bits per heavy atom. The number of nitrogens with zero attached hydrogens (tertiary/aromatic N) is 2. The predicted molar refractivity (Wildman–Crippen MR) is 97.2 cm³/mol. The average Bonchev–Trinajstić information content (AvgIpc) is 3.13. The molecule has 1 atom stereocenters. The molecule has 0 spiro atoms. The quantitative estimate of drug-likeness (QED) is 0.789. The molecule has 1 N–H and O–H groups in total. The van der Waals surface area contributed by atoms with E-state index in [-0.39, 0.29) is 11.8 Å². The Hall–Kier alpha value is -3.08. The fourth-order valence-electron chi connectivity index (χ4n) is 3.13. The number of aromatic nitrogens is 1. The lowest BCUT2D eigenvalue weighted by molar-refractivity contribution is -0.119. The largest absolute Gasteiger partial charge is 0.444 e. The first-order valence-electron chi connectivity index (χ1n) is 8.33. The maximum absolute atomic E-state index is 12.2. The third kappa shape index (κ3) is 3.13. The first kappa shape index (κ1) is 15.4. The van der Waals surface area contributed by atoms with E-state index in [1.165, 1.54) is 12.0 Å². The summed E-state index contributed by atoms with van der Waals surface area (Å²) in [7, 11) is 0. The van der Waals surface area contributed by atoms with Gasteiger partial charge in [-0.15, -0.1) is 0 Å². The van der Waals surface area contributed by atoms with Gasteiger partial charge in [-0.3, -0.25) is 4.79 Å². The average molecular weight is 333 g/mol. The number of fused-ring (bicyclic) bond motifs is 1. The number of hydrogen-bond donors (Lipinski definition) is 1. The molecule has 126 valence electrons. The second-order valence-electron chi connectivity index (χ2n) is 6.35. The van der Waals surface area contributed by atoms with E-state index in [1.807, 2.05) is 37.3 Å². The van der Waals surface area contributed by atoms with Crippen LogP contribution in [0.2, 0.25) is 0 Å². The van der Waals surface area contributed by atoms with Crippen molar-refractivity contribution in [1.29, 1.82) is 0 Å². The Kier molecular flexibility index (Phi) is 3.98. The van der Waals surface area contributed by atoms with Crippen molar-refractivity contribution < 1.29 is 9.21 Å². The normalized spacial score (nSPS) is 16.9. The van der Waals surface area contributed by atoms with Gasteiger partial charge in [0.25, 0.3) is 0 Å². The molecule has 1 amide bonds. The zero-order valence-electron chi connectivity index (χ0n) is 14.0. The molecule has 0 aliphatic carbocycles. The van der Waals surface area contributed by atoms with E-state index in [9.17, 15) is 4.79 Å². The molecular weight excluding hydrogens is 314 g/mol. The van der Waals surface area contributed by atoms with E-state index in [1.54, 1.807) is 6.20 Å². The van der Waals surface area contributed by atoms with E-state index in [0.29, 0.717) is 6.54 Å². The summed E-state index contributed by atoms with van der Waals surface area (Å²) in [6, 6.07) is 16.2. The summed E-state index contributed by atoms with van der Waals surface area (Å²) in [5.41, 5.74) is 4.11. The Morgan fingerprint density at radius 3 is 2.76 bits per heavy atom. The molecule has 2 aromatic carbocycles. The minimum Gasteiger partial charge on any atom is -0.444 e. The summed E-state index contributed by atoms with van der Waals surface area (Å²) in [6.45, 7) is 3.39. The van der Waals surface area contributed by atoms with Crippen LogP contribution in [-0.2, 0) is 11.3 Å². The van der Waals surface area contributed by atoms with Crippen LogP contribution in [0.25, 0.3) is 11.3 Å². The smallest absolute Gasteiger partial charge is 0.229 e. The summed E-state index contributed by atoms with van der Waals surface area (Å²) in [5.74, 6) is 0.756. The van der Waals surface area contributed by atoms with Crippen molar-refractivity contribution in [2.75, 3.05) is 16.8 Å². The minimum absolute atomic E-state index is 0.0654. The molecule has 1 unspecified atom stereocenters. The summed E-state index contributed by atoms with van der Waals surface area (Å²) in [6.07, 6.45) is 3.14. The number of benzene rings is 2. The van der Waals surface area contributed by atoms with Crippen LogP contribution < -0.4 is 10.2 Å². The Morgan fingerprint density at radius 1 is 1.20 bits per heavy atom. The van der Waals surface area contributed by atoms with Gasteiger partial charge in [-0.25, -0.2) is 4.98 Å². The SMILES string of the molecule is CC1CN(Cc2ccc(-c3cnco3)cc2)c2ccccc2NC1=O. The fraction of sp³-hybridized carbons (Fsp3) is 0.200. The van der Waals surface area contributed by atoms with E-state index >= 15 is 0 Å². The van der Waals surface area contributed by atoms with Crippen molar-refractivity contribution in [3.63, 3.8) is 0 Å². The van der Waals surface area contributed by atoms with E-state index in [0.717, 1.165) is 29.2 Å². The van der Waals surface area contributed by atoms with Gasteiger partial charge in [0.05, 0.1) is 23.5 Å². The molecule has 25 heavy (non-hydrogen) atoms. The van der Waals surface area contributed by atoms with Crippen molar-refractivity contribution in [3.8, 4) is 11.3 Å². The first-order valence-corrected chi connectivity index (χ1v) is 8.33. The van der Waals surface area contributed by atoms with Gasteiger partial charge in [-0.2, -0.15) is 0 Å². The second-order valence-corrected chi connectivity index (χ2v) is 6.35. The number of nitrogens with one attached hydrogen (secondary N) is 1. The molecule has 1 aliphatic heterocycles. The van der Waals surface area contributed by atoms with Gasteiger partial charge in [0, 0.05) is 18.7 Å². The van der Waals surface area contributed by atoms with Gasteiger partial charge in [0.15, 0.2) is 12.2 Å². The predicted octanol–water partition coefficient (Wildman–Crippen LogP) is 3.94. The van der Waals surface area contributed by atoms with Crippen LogP contribution in [0.15, 0.2) is 65.5 Å². The zero-order valence-corrected chi connectivity index (χ0v) is 14.0. The second kappa shape index (κ2) is 6.43. The fourth-order valence-corrected chi connectivity index (χ4v) is 3.13. The molecule has 2 heterocycles. The van der Waals surface area contributed by atoms with Gasteiger partial charge in [0.1, 0.15) is 0 Å². The Labute approximate surface area is 146 Å². The first-order chi connectivity index (χ1) is 12.2. The van der Waals surface area contributed by atoms with Gasteiger partial charge in [-0.1, -0.05) is 43.3 Å². The highest BCUT2D eigenvalue weighted by Gasteiger charge is 2.24. The molecule has 1 aromatic heterocycles. The van der Waals surface area contributed by atoms with Gasteiger partial charge in [0.2, 0.25) is 5.91 Å². The lowest BCUT2D eigenvalue weighted by Gasteiger charge is -2.25. The zero-order chi connectivity index (χ0) is 17.2. The number of para-hydroxylation sites is 2. The van der Waals surface area contributed by atoms with Crippen LogP contribution in [0, 0.1) is 5.92 Å². The molecule has 3 aromatic rings. The number of anilines is 2. The Balaban J connectivity index is 1.60. The summed E-state index contributed by atoms with van der Waals surface area (Å²) >= 11 is 0. The number of hydrogen-bond acceptors (Lipinski definition) is 4. The monoisotopic (exact) mass is 333 g/mol. The number of amides is 1. The van der Waals surface area contributed by atoms with Crippen molar-refractivity contribution in [2.45, 2.75) is 13.5 Å². The summed E-state index contributed by atoms with van der Waals surface area (Å²) in [4.78, 5) is 18.4. The third-order valence-electron chi connectivity index (χ3n) is 4.49. The van der Waals surface area contributed by atoms with Crippen molar-refractivity contribution in [2.24, 2.45) is 5.92 Å². The number of rotatable bonds is 3. The molecule has 1 aliphatic rings. The van der Waals surface area contributed by atoms with Crippen LogP contribution in [0.4, 0.5) is 11.4 Å². The molecule has 0 bridgehead atoms. The van der Waals surface area contributed by atoms with Gasteiger partial charge >= 0.3 is 0 Å². The highest BCUT2D eigenvalue weighted by Crippen LogP contribution is 2.31. The topological polar surface area (TPSA) is 58.4 Å². The number of carbonyl (C=O) groups is 1. The molecule has 0 saturated heterocycles. The molecule has 0 saturated carbocycles.